The maximum absolute atomic E-state index is 13.3. The van der Waals surface area contributed by atoms with E-state index in [1.165, 1.54) is 0 Å². The Bertz CT molecular complexity index is 1530. The maximum atomic E-state index is 13.3. The van der Waals surface area contributed by atoms with Gasteiger partial charge in [-0.2, -0.15) is 0 Å². The number of anilines is 1. The molecule has 3 fully saturated rings. The summed E-state index contributed by atoms with van der Waals surface area (Å²) in [5.41, 5.74) is 1.23. The number of urea groups is 1. The van der Waals surface area contributed by atoms with Crippen LogP contribution in [0.4, 0.5) is 23.7 Å². The predicted molar refractivity (Wildman–Crippen MR) is 149 cm³/mol. The molecular weight excluding hydrogens is 614 g/mol. The minimum Gasteiger partial charge on any atom is -0.478 e. The van der Waals surface area contributed by atoms with Gasteiger partial charge in [0.25, 0.3) is 0 Å². The van der Waals surface area contributed by atoms with Crippen LogP contribution in [0.2, 0.25) is 10.0 Å². The number of rotatable bonds is 8. The van der Waals surface area contributed by atoms with E-state index in [9.17, 15) is 22.8 Å². The van der Waals surface area contributed by atoms with E-state index < -0.39 is 29.7 Å². The van der Waals surface area contributed by atoms with E-state index in [-0.39, 0.29) is 36.4 Å². The van der Waals surface area contributed by atoms with Gasteiger partial charge in [0, 0.05) is 29.1 Å². The summed E-state index contributed by atoms with van der Waals surface area (Å²) >= 11 is 12.9. The first-order chi connectivity index (χ1) is 20.5. The molecule has 2 aliphatic heterocycles. The molecule has 0 radical (unpaired) electrons. The molecule has 9 nitrogen and oxygen atoms in total. The third kappa shape index (κ3) is 6.27. The predicted octanol–water partition coefficient (Wildman–Crippen LogP) is 7.87. The molecule has 0 spiro atoms. The van der Waals surface area contributed by atoms with Crippen LogP contribution < -0.4 is 10.1 Å². The molecular formula is C29H26Cl2F3N3O6. The van der Waals surface area contributed by atoms with Crippen molar-refractivity contribution in [2.24, 2.45) is 0 Å². The van der Waals surface area contributed by atoms with E-state index in [1.807, 2.05) is 0 Å². The second-order valence-electron chi connectivity index (χ2n) is 10.9. The summed E-state index contributed by atoms with van der Waals surface area (Å²) in [5.74, 6) is -1.21. The van der Waals surface area contributed by atoms with Gasteiger partial charge < -0.3 is 29.3 Å². The number of carbonyl (C=O) groups excluding carboxylic acids is 1. The second kappa shape index (κ2) is 11.5. The lowest BCUT2D eigenvalue weighted by Gasteiger charge is -2.38. The number of fused-ring (bicyclic) bond motifs is 2. The number of hydrogen-bond acceptors (Lipinski definition) is 6. The molecule has 2 aromatic carbocycles. The Morgan fingerprint density at radius 2 is 1.74 bits per heavy atom. The summed E-state index contributed by atoms with van der Waals surface area (Å²) in [6.07, 6.45) is -0.802. The van der Waals surface area contributed by atoms with E-state index in [0.29, 0.717) is 47.0 Å². The molecule has 3 aliphatic rings. The van der Waals surface area contributed by atoms with Crippen LogP contribution >= 0.6 is 23.2 Å². The number of amides is 2. The van der Waals surface area contributed by atoms with Crippen LogP contribution in [0.5, 0.6) is 5.75 Å². The molecule has 3 heterocycles. The van der Waals surface area contributed by atoms with Crippen LogP contribution in [0, 0.1) is 0 Å². The molecule has 3 aromatic rings. The van der Waals surface area contributed by atoms with E-state index in [0.717, 1.165) is 42.4 Å². The molecule has 228 valence electrons. The van der Waals surface area contributed by atoms with Gasteiger partial charge in [0.1, 0.15) is 11.5 Å². The summed E-state index contributed by atoms with van der Waals surface area (Å²) in [6.45, 7) is 0.219. The Morgan fingerprint density at radius 3 is 2.35 bits per heavy atom. The molecule has 43 heavy (non-hydrogen) atoms. The van der Waals surface area contributed by atoms with Gasteiger partial charge in [0.05, 0.1) is 34.0 Å². The third-order valence-electron chi connectivity index (χ3n) is 8.05. The fourth-order valence-corrected chi connectivity index (χ4v) is 6.57. The quantitative estimate of drug-likeness (QED) is 0.258. The average molecular weight is 640 g/mol. The topological polar surface area (TPSA) is 114 Å². The number of halogens is 5. The first-order valence-corrected chi connectivity index (χ1v) is 14.5. The highest BCUT2D eigenvalue weighted by Crippen LogP contribution is 2.47. The molecule has 2 atom stereocenters. The average Bonchev–Trinajstić information content (AvgIpc) is 3.64. The lowest BCUT2D eigenvalue weighted by atomic mass is 9.99. The summed E-state index contributed by atoms with van der Waals surface area (Å²) in [7, 11) is 0. The first-order valence-electron chi connectivity index (χ1n) is 13.7. The molecule has 1 saturated carbocycles. The number of carbonyl (C=O) groups is 2. The number of hydrogen-bond donors (Lipinski definition) is 2. The SMILES string of the molecule is O=C(O)c1ccc(NC(=O)N2C3CCC2CC(OCc2c(-c4c(Cl)cccc4Cl)noc2C2CC2)C3)c(OC(F)(F)F)c1. The minimum absolute atomic E-state index is 0.183. The van der Waals surface area contributed by atoms with Gasteiger partial charge in [-0.1, -0.05) is 34.4 Å². The van der Waals surface area contributed by atoms with Gasteiger partial charge in [-0.05, 0) is 68.9 Å². The summed E-state index contributed by atoms with van der Waals surface area (Å²) in [4.78, 5) is 26.2. The number of nitrogens with one attached hydrogen (secondary N) is 1. The van der Waals surface area contributed by atoms with Gasteiger partial charge in [0.15, 0.2) is 5.75 Å². The van der Waals surface area contributed by atoms with Gasteiger partial charge >= 0.3 is 18.4 Å². The number of carboxylic acid groups (broad SMARTS) is 1. The van der Waals surface area contributed by atoms with Crippen LogP contribution in [-0.4, -0.2) is 51.7 Å². The summed E-state index contributed by atoms with van der Waals surface area (Å²) in [6, 6.07) is 7.14. The fourth-order valence-electron chi connectivity index (χ4n) is 5.99. The van der Waals surface area contributed by atoms with Crippen molar-refractivity contribution in [3.63, 3.8) is 0 Å². The lowest BCUT2D eigenvalue weighted by molar-refractivity contribution is -0.274. The van der Waals surface area contributed by atoms with Crippen LogP contribution in [0.25, 0.3) is 11.3 Å². The number of alkyl halides is 3. The number of nitrogens with zero attached hydrogens (tertiary/aromatic N) is 2. The van der Waals surface area contributed by atoms with Crippen molar-refractivity contribution < 1.29 is 41.9 Å². The Morgan fingerprint density at radius 1 is 1.07 bits per heavy atom. The molecule has 1 aromatic heterocycles. The molecule has 6 rings (SSSR count). The van der Waals surface area contributed by atoms with Crippen molar-refractivity contribution in [1.29, 1.82) is 0 Å². The number of ether oxygens (including phenoxy) is 2. The Labute approximate surface area is 253 Å². The fraction of sp³-hybridized carbons (Fsp3) is 0.414. The number of carboxylic acids is 1. The number of aromatic nitrogens is 1. The molecule has 1 aliphatic carbocycles. The van der Waals surface area contributed by atoms with Crippen molar-refractivity contribution in [3.05, 3.63) is 63.3 Å². The Balaban J connectivity index is 1.15. The van der Waals surface area contributed by atoms with Crippen molar-refractivity contribution in [1.82, 2.24) is 10.1 Å². The zero-order valence-electron chi connectivity index (χ0n) is 22.5. The summed E-state index contributed by atoms with van der Waals surface area (Å²) in [5, 5.41) is 16.8. The highest BCUT2D eigenvalue weighted by atomic mass is 35.5. The maximum Gasteiger partial charge on any atom is 0.573 e. The van der Waals surface area contributed by atoms with Crippen LogP contribution in [0.15, 0.2) is 40.9 Å². The van der Waals surface area contributed by atoms with Crippen molar-refractivity contribution in [2.45, 2.75) is 75.6 Å². The van der Waals surface area contributed by atoms with E-state index in [2.05, 4.69) is 15.2 Å². The number of aromatic carboxylic acids is 1. The van der Waals surface area contributed by atoms with Gasteiger partial charge in [0.2, 0.25) is 0 Å². The van der Waals surface area contributed by atoms with Gasteiger partial charge in [-0.25, -0.2) is 9.59 Å². The minimum atomic E-state index is -5.08. The highest BCUT2D eigenvalue weighted by molar-refractivity contribution is 6.39. The molecule has 2 amide bonds. The molecule has 14 heteroatoms. The number of benzene rings is 2. The van der Waals surface area contributed by atoms with Gasteiger partial charge in [-0.15, -0.1) is 13.2 Å². The van der Waals surface area contributed by atoms with E-state index >= 15 is 0 Å². The van der Waals surface area contributed by atoms with Crippen molar-refractivity contribution >= 4 is 40.9 Å². The van der Waals surface area contributed by atoms with E-state index in [4.69, 9.17) is 37.6 Å². The monoisotopic (exact) mass is 639 g/mol. The van der Waals surface area contributed by atoms with Crippen LogP contribution in [-0.2, 0) is 11.3 Å². The normalized spacial score (nSPS) is 21.6. The van der Waals surface area contributed by atoms with E-state index in [1.54, 1.807) is 23.1 Å². The third-order valence-corrected chi connectivity index (χ3v) is 8.68. The van der Waals surface area contributed by atoms with Crippen LogP contribution in [0.3, 0.4) is 0 Å². The molecule has 2 bridgehead atoms. The largest absolute Gasteiger partial charge is 0.573 e. The zero-order valence-corrected chi connectivity index (χ0v) is 24.0. The first kappa shape index (κ1) is 29.6. The highest BCUT2D eigenvalue weighted by Gasteiger charge is 2.44. The molecule has 2 unspecified atom stereocenters. The van der Waals surface area contributed by atoms with Crippen LogP contribution in [0.1, 0.15) is 66.1 Å². The van der Waals surface area contributed by atoms with Gasteiger partial charge in [-0.3, -0.25) is 0 Å². The smallest absolute Gasteiger partial charge is 0.478 e. The molecule has 2 N–H and O–H groups in total. The zero-order chi connectivity index (χ0) is 30.5. The van der Waals surface area contributed by atoms with Crippen molar-refractivity contribution in [2.75, 3.05) is 5.32 Å². The lowest BCUT2D eigenvalue weighted by Crippen LogP contribution is -2.50. The Hall–Kier alpha value is -3.48. The summed E-state index contributed by atoms with van der Waals surface area (Å²) < 4.78 is 55.1. The molecule has 2 saturated heterocycles. The second-order valence-corrected chi connectivity index (χ2v) is 11.8. The number of piperidine rings is 1. The Kier molecular flexibility index (Phi) is 7.95. The standard InChI is InChI=1S/C29H26Cl2F3N3O6/c30-20-2-1-3-21(31)24(20)25-19(26(43-36-25)14-4-5-14)13-41-18-11-16-7-8-17(12-18)37(16)28(40)35-22-9-6-15(27(38)39)10-23(22)42-29(32,33)34/h1-3,6,9-10,14,16-18H,4-5,7-8,11-13H2,(H,35,40)(H,38,39). The van der Waals surface area contributed by atoms with Crippen molar-refractivity contribution in [3.8, 4) is 17.0 Å².